The number of carbonyl (C=O) groups excluding carboxylic acids is 4. The maximum absolute atomic E-state index is 13.0. The molecule has 1 rings (SSSR count). The van der Waals surface area contributed by atoms with Gasteiger partial charge < -0.3 is 20.5 Å². The zero-order chi connectivity index (χ0) is 26.3. The Morgan fingerprint density at radius 1 is 0.912 bits per heavy atom. The summed E-state index contributed by atoms with van der Waals surface area (Å²) < 4.78 is 87.6. The molecule has 0 aliphatic rings. The third-order valence-corrected chi connectivity index (χ3v) is 4.32. The number of halogens is 6. The van der Waals surface area contributed by atoms with Gasteiger partial charge in [0.15, 0.2) is 0 Å². The number of ether oxygens (including phenoxy) is 2. The zero-order valence-electron chi connectivity index (χ0n) is 18.0. The standard InChI is InChI=1S/C20H22F6N2O6/c1-3-33-15(30)9-13(18(32)34-4-2)16(17(27)31)28-14(29)7-10-5-11(19(21,22)23)8-12(6-10)20(24,25)26/h5-6,8,13,16H,3-4,7,9H2,1-2H3,(H2,27,31)(H,28,29)/t13-,16+/m1/s1. The molecule has 0 aliphatic carbocycles. The lowest BCUT2D eigenvalue weighted by Crippen LogP contribution is -2.52. The van der Waals surface area contributed by atoms with E-state index in [0.717, 1.165) is 0 Å². The van der Waals surface area contributed by atoms with Crippen molar-refractivity contribution in [2.24, 2.45) is 11.7 Å². The van der Waals surface area contributed by atoms with E-state index in [1.807, 2.05) is 5.32 Å². The first-order valence-corrected chi connectivity index (χ1v) is 9.79. The lowest BCUT2D eigenvalue weighted by atomic mass is 9.94. The maximum atomic E-state index is 13.0. The Kier molecular flexibility index (Phi) is 9.88. The molecule has 0 aromatic heterocycles. The van der Waals surface area contributed by atoms with Crippen molar-refractivity contribution in [2.45, 2.75) is 45.1 Å². The third-order valence-electron chi connectivity index (χ3n) is 4.32. The van der Waals surface area contributed by atoms with E-state index >= 15 is 0 Å². The van der Waals surface area contributed by atoms with Crippen molar-refractivity contribution in [2.75, 3.05) is 13.2 Å². The number of carbonyl (C=O) groups is 4. The second kappa shape index (κ2) is 11.7. The first-order chi connectivity index (χ1) is 15.6. The van der Waals surface area contributed by atoms with Gasteiger partial charge in [-0.15, -0.1) is 0 Å². The summed E-state index contributed by atoms with van der Waals surface area (Å²) in [4.78, 5) is 48.4. The van der Waals surface area contributed by atoms with Gasteiger partial charge in [-0.1, -0.05) is 0 Å². The van der Waals surface area contributed by atoms with Crippen LogP contribution in [0.25, 0.3) is 0 Å². The van der Waals surface area contributed by atoms with Gasteiger partial charge in [-0.2, -0.15) is 26.3 Å². The van der Waals surface area contributed by atoms with Crippen LogP contribution in [0.2, 0.25) is 0 Å². The molecule has 2 amide bonds. The Hall–Kier alpha value is -3.32. The molecule has 0 saturated carbocycles. The molecule has 0 fully saturated rings. The molecule has 34 heavy (non-hydrogen) atoms. The monoisotopic (exact) mass is 500 g/mol. The van der Waals surface area contributed by atoms with Gasteiger partial charge >= 0.3 is 24.3 Å². The van der Waals surface area contributed by atoms with Crippen LogP contribution in [-0.2, 0) is 47.4 Å². The van der Waals surface area contributed by atoms with Gasteiger partial charge in [0.2, 0.25) is 11.8 Å². The van der Waals surface area contributed by atoms with E-state index in [9.17, 15) is 45.5 Å². The first-order valence-electron chi connectivity index (χ1n) is 9.79. The summed E-state index contributed by atoms with van der Waals surface area (Å²) in [5, 5.41) is 1.98. The van der Waals surface area contributed by atoms with Crippen molar-refractivity contribution in [1.29, 1.82) is 0 Å². The number of nitrogens with one attached hydrogen (secondary N) is 1. The highest BCUT2D eigenvalue weighted by molar-refractivity contribution is 5.93. The smallest absolute Gasteiger partial charge is 0.416 e. The minimum atomic E-state index is -5.13. The van der Waals surface area contributed by atoms with Crippen LogP contribution in [0.5, 0.6) is 0 Å². The predicted molar refractivity (Wildman–Crippen MR) is 103 cm³/mol. The number of amides is 2. The van der Waals surface area contributed by atoms with E-state index in [-0.39, 0.29) is 19.3 Å². The average Bonchev–Trinajstić information content (AvgIpc) is 2.69. The molecule has 0 radical (unpaired) electrons. The summed E-state index contributed by atoms with van der Waals surface area (Å²) in [7, 11) is 0. The van der Waals surface area contributed by atoms with Gasteiger partial charge in [0, 0.05) is 0 Å². The zero-order valence-corrected chi connectivity index (χ0v) is 18.0. The average molecular weight is 500 g/mol. The fraction of sp³-hybridized carbons (Fsp3) is 0.500. The summed E-state index contributed by atoms with van der Waals surface area (Å²) in [5.74, 6) is -6.20. The molecule has 0 bridgehead atoms. The van der Waals surface area contributed by atoms with E-state index in [0.29, 0.717) is 12.1 Å². The second-order valence-electron chi connectivity index (χ2n) is 6.91. The number of hydrogen-bond donors (Lipinski definition) is 2. The van der Waals surface area contributed by atoms with E-state index in [2.05, 4.69) is 0 Å². The van der Waals surface area contributed by atoms with E-state index in [1.165, 1.54) is 13.8 Å². The number of primary amides is 1. The first kappa shape index (κ1) is 28.7. The Bertz CT molecular complexity index is 884. The third kappa shape index (κ3) is 8.56. The quantitative estimate of drug-likeness (QED) is 0.376. The number of rotatable bonds is 10. The van der Waals surface area contributed by atoms with Crippen LogP contribution in [0.4, 0.5) is 26.3 Å². The normalized spacial score (nSPS) is 13.5. The van der Waals surface area contributed by atoms with Gasteiger partial charge in [-0.3, -0.25) is 19.2 Å². The topological polar surface area (TPSA) is 125 Å². The molecule has 14 heteroatoms. The van der Waals surface area contributed by atoms with Crippen molar-refractivity contribution in [1.82, 2.24) is 5.32 Å². The largest absolute Gasteiger partial charge is 0.466 e. The number of benzene rings is 1. The molecule has 2 atom stereocenters. The van der Waals surface area contributed by atoms with Crippen molar-refractivity contribution in [3.63, 3.8) is 0 Å². The predicted octanol–water partition coefficient (Wildman–Crippen LogP) is 2.37. The van der Waals surface area contributed by atoms with Gasteiger partial charge in [0.25, 0.3) is 0 Å². The molecule has 0 unspecified atom stereocenters. The fourth-order valence-corrected chi connectivity index (χ4v) is 2.89. The minimum absolute atomic E-state index is 0.0704. The highest BCUT2D eigenvalue weighted by Gasteiger charge is 2.39. The summed E-state index contributed by atoms with van der Waals surface area (Å²) in [6.07, 6.45) is -12.0. The molecule has 0 saturated heterocycles. The van der Waals surface area contributed by atoms with Crippen LogP contribution >= 0.6 is 0 Å². The maximum Gasteiger partial charge on any atom is 0.416 e. The SMILES string of the molecule is CCOC(=O)C[C@@H](C(=O)OCC)[C@H](NC(=O)Cc1cc(C(F)(F)F)cc(C(F)(F)F)c1)C(N)=O. The minimum Gasteiger partial charge on any atom is -0.466 e. The van der Waals surface area contributed by atoms with E-state index in [4.69, 9.17) is 15.2 Å². The van der Waals surface area contributed by atoms with Crippen LogP contribution in [0.3, 0.4) is 0 Å². The van der Waals surface area contributed by atoms with Crippen LogP contribution in [0, 0.1) is 5.92 Å². The van der Waals surface area contributed by atoms with Crippen LogP contribution < -0.4 is 11.1 Å². The van der Waals surface area contributed by atoms with Gasteiger partial charge in [-0.05, 0) is 37.6 Å². The molecule has 1 aromatic carbocycles. The number of esters is 2. The van der Waals surface area contributed by atoms with E-state index < -0.39 is 77.6 Å². The van der Waals surface area contributed by atoms with E-state index in [1.54, 1.807) is 0 Å². The van der Waals surface area contributed by atoms with Crippen LogP contribution in [0.1, 0.15) is 37.0 Å². The lowest BCUT2D eigenvalue weighted by molar-refractivity contribution is -0.157. The number of hydrogen-bond acceptors (Lipinski definition) is 6. The molecule has 0 aliphatic heterocycles. The Morgan fingerprint density at radius 2 is 1.41 bits per heavy atom. The summed E-state index contributed by atoms with van der Waals surface area (Å²) in [6.45, 7) is 2.65. The Balaban J connectivity index is 3.23. The van der Waals surface area contributed by atoms with Crippen LogP contribution in [0.15, 0.2) is 18.2 Å². The molecular weight excluding hydrogens is 478 g/mol. The van der Waals surface area contributed by atoms with Gasteiger partial charge in [0.1, 0.15) is 6.04 Å². The molecule has 190 valence electrons. The van der Waals surface area contributed by atoms with Gasteiger partial charge in [-0.25, -0.2) is 0 Å². The van der Waals surface area contributed by atoms with Crippen LogP contribution in [-0.4, -0.2) is 43.0 Å². The number of alkyl halides is 6. The Morgan fingerprint density at radius 3 is 1.82 bits per heavy atom. The molecule has 3 N–H and O–H groups in total. The highest BCUT2D eigenvalue weighted by atomic mass is 19.4. The van der Waals surface area contributed by atoms with Crippen molar-refractivity contribution in [3.05, 3.63) is 34.9 Å². The molecule has 1 aromatic rings. The molecular formula is C20H22F6N2O6. The lowest BCUT2D eigenvalue weighted by Gasteiger charge is -2.23. The summed E-state index contributed by atoms with van der Waals surface area (Å²) in [6, 6.07) is -1.28. The number of nitrogens with two attached hydrogens (primary N) is 1. The van der Waals surface area contributed by atoms with Crippen molar-refractivity contribution < 1.29 is 55.0 Å². The Labute approximate surface area is 189 Å². The fourth-order valence-electron chi connectivity index (χ4n) is 2.89. The highest BCUT2D eigenvalue weighted by Crippen LogP contribution is 2.36. The molecule has 0 heterocycles. The van der Waals surface area contributed by atoms with Gasteiger partial charge in [0.05, 0.1) is 43.1 Å². The molecule has 8 nitrogen and oxygen atoms in total. The molecule has 0 spiro atoms. The summed E-state index contributed by atoms with van der Waals surface area (Å²) in [5.41, 5.74) is 1.28. The van der Waals surface area contributed by atoms with Crippen molar-refractivity contribution in [3.8, 4) is 0 Å². The summed E-state index contributed by atoms with van der Waals surface area (Å²) >= 11 is 0. The van der Waals surface area contributed by atoms with Crippen molar-refractivity contribution >= 4 is 23.8 Å². The second-order valence-corrected chi connectivity index (χ2v) is 6.91.